The van der Waals surface area contributed by atoms with Crippen LogP contribution in [0.2, 0.25) is 5.02 Å². The SMILES string of the molecule is COc1ccc(Cl)cc1C(=O)N1CCC(C(=O)NNC(=O)c2ccccc2)CC1. The van der Waals surface area contributed by atoms with E-state index in [0.717, 1.165) is 0 Å². The average molecular weight is 416 g/mol. The molecule has 0 unspecified atom stereocenters. The van der Waals surface area contributed by atoms with Crippen LogP contribution in [0.4, 0.5) is 0 Å². The summed E-state index contributed by atoms with van der Waals surface area (Å²) in [5.74, 6) is -0.638. The smallest absolute Gasteiger partial charge is 0.269 e. The van der Waals surface area contributed by atoms with Crippen LogP contribution in [0.5, 0.6) is 5.75 Å². The first-order valence-electron chi connectivity index (χ1n) is 9.27. The van der Waals surface area contributed by atoms with E-state index in [1.807, 2.05) is 6.07 Å². The molecular weight excluding hydrogens is 394 g/mol. The highest BCUT2D eigenvalue weighted by atomic mass is 35.5. The summed E-state index contributed by atoms with van der Waals surface area (Å²) in [6.45, 7) is 0.860. The van der Waals surface area contributed by atoms with Crippen LogP contribution in [0, 0.1) is 5.92 Å². The van der Waals surface area contributed by atoms with Crippen molar-refractivity contribution in [3.63, 3.8) is 0 Å². The van der Waals surface area contributed by atoms with Gasteiger partial charge >= 0.3 is 0 Å². The molecule has 0 aliphatic carbocycles. The summed E-state index contributed by atoms with van der Waals surface area (Å²) in [6, 6.07) is 13.5. The molecule has 0 saturated carbocycles. The van der Waals surface area contributed by atoms with Gasteiger partial charge in [0.15, 0.2) is 0 Å². The van der Waals surface area contributed by atoms with Gasteiger partial charge in [0.25, 0.3) is 11.8 Å². The fourth-order valence-corrected chi connectivity index (χ4v) is 3.42. The number of benzene rings is 2. The number of hydrogen-bond donors (Lipinski definition) is 2. The van der Waals surface area contributed by atoms with Gasteiger partial charge in [-0.2, -0.15) is 0 Å². The lowest BCUT2D eigenvalue weighted by Crippen LogP contribution is -2.48. The first kappa shape index (κ1) is 20.7. The number of rotatable bonds is 4. The number of methoxy groups -OCH3 is 1. The highest BCUT2D eigenvalue weighted by Crippen LogP contribution is 2.26. The van der Waals surface area contributed by atoms with Crippen molar-refractivity contribution < 1.29 is 19.1 Å². The molecule has 0 bridgehead atoms. The highest BCUT2D eigenvalue weighted by Gasteiger charge is 2.29. The maximum absolute atomic E-state index is 12.8. The summed E-state index contributed by atoms with van der Waals surface area (Å²) in [6.07, 6.45) is 1.00. The monoisotopic (exact) mass is 415 g/mol. The van der Waals surface area contributed by atoms with Gasteiger partial charge in [-0.1, -0.05) is 29.8 Å². The molecule has 29 heavy (non-hydrogen) atoms. The molecule has 1 fully saturated rings. The van der Waals surface area contributed by atoms with Gasteiger partial charge in [0, 0.05) is 29.6 Å². The standard InChI is InChI=1S/C21H22ClN3O4/c1-29-18-8-7-16(22)13-17(18)21(28)25-11-9-15(10-12-25)20(27)24-23-19(26)14-5-3-2-4-6-14/h2-8,13,15H,9-12H2,1H3,(H,23,26)(H,24,27). The Morgan fingerprint density at radius 3 is 2.38 bits per heavy atom. The van der Waals surface area contributed by atoms with Crippen molar-refractivity contribution in [1.82, 2.24) is 15.8 Å². The third kappa shape index (κ3) is 5.06. The second kappa shape index (κ2) is 9.43. The van der Waals surface area contributed by atoms with Gasteiger partial charge in [0.1, 0.15) is 5.75 Å². The molecule has 3 rings (SSSR count). The molecule has 7 nitrogen and oxygen atoms in total. The number of amides is 3. The molecule has 8 heteroatoms. The predicted octanol–water partition coefficient (Wildman–Crippen LogP) is 2.66. The van der Waals surface area contributed by atoms with Crippen molar-refractivity contribution in [2.24, 2.45) is 5.92 Å². The molecule has 0 radical (unpaired) electrons. The first-order valence-corrected chi connectivity index (χ1v) is 9.65. The van der Waals surface area contributed by atoms with Gasteiger partial charge < -0.3 is 9.64 Å². The number of carbonyl (C=O) groups excluding carboxylic acids is 3. The number of nitrogens with zero attached hydrogens (tertiary/aromatic N) is 1. The van der Waals surface area contributed by atoms with E-state index in [1.54, 1.807) is 47.4 Å². The zero-order valence-corrected chi connectivity index (χ0v) is 16.7. The molecule has 1 aliphatic rings. The molecule has 152 valence electrons. The zero-order chi connectivity index (χ0) is 20.8. The fraction of sp³-hybridized carbons (Fsp3) is 0.286. The van der Waals surface area contributed by atoms with Crippen LogP contribution in [-0.4, -0.2) is 42.8 Å². The van der Waals surface area contributed by atoms with Crippen molar-refractivity contribution in [2.45, 2.75) is 12.8 Å². The summed E-state index contributed by atoms with van der Waals surface area (Å²) in [5.41, 5.74) is 5.76. The van der Waals surface area contributed by atoms with E-state index in [1.165, 1.54) is 7.11 Å². The Kier molecular flexibility index (Phi) is 6.72. The minimum absolute atomic E-state index is 0.180. The quantitative estimate of drug-likeness (QED) is 0.751. The Bertz CT molecular complexity index is 896. The lowest BCUT2D eigenvalue weighted by molar-refractivity contribution is -0.127. The average Bonchev–Trinajstić information content (AvgIpc) is 2.77. The lowest BCUT2D eigenvalue weighted by Gasteiger charge is -2.31. The maximum atomic E-state index is 12.8. The van der Waals surface area contributed by atoms with Gasteiger partial charge in [-0.05, 0) is 43.2 Å². The van der Waals surface area contributed by atoms with Crippen molar-refractivity contribution in [3.8, 4) is 5.75 Å². The fourth-order valence-electron chi connectivity index (χ4n) is 3.24. The molecule has 1 saturated heterocycles. The molecule has 1 aliphatic heterocycles. The van der Waals surface area contributed by atoms with Crippen LogP contribution in [0.25, 0.3) is 0 Å². The van der Waals surface area contributed by atoms with E-state index in [2.05, 4.69) is 10.9 Å². The Morgan fingerprint density at radius 2 is 1.72 bits per heavy atom. The summed E-state index contributed by atoms with van der Waals surface area (Å²) >= 11 is 6.01. The second-order valence-electron chi connectivity index (χ2n) is 6.72. The normalized spacial score (nSPS) is 14.2. The first-order chi connectivity index (χ1) is 14.0. The van der Waals surface area contributed by atoms with Gasteiger partial charge in [-0.3, -0.25) is 25.2 Å². The second-order valence-corrected chi connectivity index (χ2v) is 7.16. The number of ether oxygens (including phenoxy) is 1. The van der Waals surface area contributed by atoms with E-state index in [-0.39, 0.29) is 23.6 Å². The van der Waals surface area contributed by atoms with Crippen LogP contribution in [0.3, 0.4) is 0 Å². The molecule has 0 spiro atoms. The largest absolute Gasteiger partial charge is 0.496 e. The van der Waals surface area contributed by atoms with Gasteiger partial charge in [0.2, 0.25) is 5.91 Å². The number of halogens is 1. The number of nitrogens with one attached hydrogen (secondary N) is 2. The third-order valence-corrected chi connectivity index (χ3v) is 5.12. The maximum Gasteiger partial charge on any atom is 0.269 e. The Morgan fingerprint density at radius 1 is 1.03 bits per heavy atom. The molecule has 3 amide bonds. The van der Waals surface area contributed by atoms with Gasteiger partial charge in [-0.25, -0.2) is 0 Å². The summed E-state index contributed by atoms with van der Waals surface area (Å²) in [7, 11) is 1.50. The van der Waals surface area contributed by atoms with E-state index in [0.29, 0.717) is 47.8 Å². The lowest BCUT2D eigenvalue weighted by atomic mass is 9.95. The Hall–Kier alpha value is -3.06. The predicted molar refractivity (Wildman–Crippen MR) is 109 cm³/mol. The number of hydrazine groups is 1. The van der Waals surface area contributed by atoms with Crippen LogP contribution < -0.4 is 15.6 Å². The molecule has 2 aromatic carbocycles. The topological polar surface area (TPSA) is 87.7 Å². The minimum Gasteiger partial charge on any atom is -0.496 e. The van der Waals surface area contributed by atoms with E-state index < -0.39 is 0 Å². The van der Waals surface area contributed by atoms with Crippen LogP contribution in [0.15, 0.2) is 48.5 Å². The molecular formula is C21H22ClN3O4. The minimum atomic E-state index is -0.375. The van der Waals surface area contributed by atoms with E-state index >= 15 is 0 Å². The van der Waals surface area contributed by atoms with Crippen molar-refractivity contribution in [3.05, 3.63) is 64.7 Å². The van der Waals surface area contributed by atoms with Crippen LogP contribution >= 0.6 is 11.6 Å². The highest BCUT2D eigenvalue weighted by molar-refractivity contribution is 6.31. The third-order valence-electron chi connectivity index (χ3n) is 4.88. The Balaban J connectivity index is 1.52. The van der Waals surface area contributed by atoms with Gasteiger partial charge in [-0.15, -0.1) is 0 Å². The van der Waals surface area contributed by atoms with Crippen molar-refractivity contribution in [1.29, 1.82) is 0 Å². The molecule has 2 aromatic rings. The van der Waals surface area contributed by atoms with Gasteiger partial charge in [0.05, 0.1) is 12.7 Å². The number of carbonyl (C=O) groups is 3. The number of hydrogen-bond acceptors (Lipinski definition) is 4. The van der Waals surface area contributed by atoms with Crippen LogP contribution in [0.1, 0.15) is 33.6 Å². The molecule has 0 atom stereocenters. The van der Waals surface area contributed by atoms with E-state index in [4.69, 9.17) is 16.3 Å². The van der Waals surface area contributed by atoms with E-state index in [9.17, 15) is 14.4 Å². The Labute approximate surface area is 173 Å². The summed E-state index contributed by atoms with van der Waals surface area (Å²) < 4.78 is 5.25. The van der Waals surface area contributed by atoms with Crippen LogP contribution in [-0.2, 0) is 4.79 Å². The summed E-state index contributed by atoms with van der Waals surface area (Å²) in [4.78, 5) is 38.9. The number of piperidine rings is 1. The molecule has 0 aromatic heterocycles. The molecule has 1 heterocycles. The zero-order valence-electron chi connectivity index (χ0n) is 16.0. The van der Waals surface area contributed by atoms with Crippen molar-refractivity contribution >= 4 is 29.3 Å². The number of likely N-dealkylation sites (tertiary alicyclic amines) is 1. The molecule has 2 N–H and O–H groups in total. The summed E-state index contributed by atoms with van der Waals surface area (Å²) in [5, 5.41) is 0.456. The van der Waals surface area contributed by atoms with Crippen molar-refractivity contribution in [2.75, 3.05) is 20.2 Å².